The third kappa shape index (κ3) is 5.18. The lowest BCUT2D eigenvalue weighted by molar-refractivity contribution is -0.122. The van der Waals surface area contributed by atoms with Crippen molar-refractivity contribution in [1.29, 1.82) is 0 Å². The van der Waals surface area contributed by atoms with Crippen molar-refractivity contribution < 1.29 is 9.53 Å². The van der Waals surface area contributed by atoms with Gasteiger partial charge < -0.3 is 9.64 Å². The van der Waals surface area contributed by atoms with Crippen molar-refractivity contribution >= 4 is 40.3 Å². The Kier molecular flexibility index (Phi) is 7.68. The van der Waals surface area contributed by atoms with Crippen molar-refractivity contribution in [3.63, 3.8) is 0 Å². The number of fused-ring (bicyclic) bond motifs is 1. The van der Waals surface area contributed by atoms with E-state index in [1.165, 1.54) is 22.9 Å². The summed E-state index contributed by atoms with van der Waals surface area (Å²) in [5, 5.41) is 1.77. The Morgan fingerprint density at radius 2 is 1.56 bits per heavy atom. The van der Waals surface area contributed by atoms with E-state index in [2.05, 4.69) is 42.2 Å². The van der Waals surface area contributed by atoms with Crippen LogP contribution < -0.4 is 9.64 Å². The van der Waals surface area contributed by atoms with Gasteiger partial charge in [0, 0.05) is 30.6 Å². The number of hydrogen-bond donors (Lipinski definition) is 0. The van der Waals surface area contributed by atoms with Crippen LogP contribution in [0.5, 0.6) is 5.75 Å². The molecule has 3 aromatic carbocycles. The number of thioether (sulfide) groups is 2. The monoisotopic (exact) mass is 515 g/mol. The summed E-state index contributed by atoms with van der Waals surface area (Å²) in [6.07, 6.45) is 1.63. The van der Waals surface area contributed by atoms with Crippen LogP contribution in [0, 0.1) is 0 Å². The van der Waals surface area contributed by atoms with E-state index in [4.69, 9.17) is 9.73 Å². The van der Waals surface area contributed by atoms with E-state index in [1.807, 2.05) is 53.4 Å². The maximum Gasteiger partial charge on any atom is 0.269 e. The van der Waals surface area contributed by atoms with Gasteiger partial charge in [-0.1, -0.05) is 72.4 Å². The summed E-state index contributed by atoms with van der Waals surface area (Å²) in [6.45, 7) is 4.13. The fourth-order valence-electron chi connectivity index (χ4n) is 4.33. The van der Waals surface area contributed by atoms with Gasteiger partial charge >= 0.3 is 0 Å². The maximum atomic E-state index is 13.8. The highest BCUT2D eigenvalue weighted by molar-refractivity contribution is 8.19. The molecule has 3 aromatic rings. The van der Waals surface area contributed by atoms with Crippen molar-refractivity contribution in [3.05, 3.63) is 99.9 Å². The van der Waals surface area contributed by atoms with Crippen LogP contribution in [0.25, 0.3) is 0 Å². The Hall–Kier alpha value is -3.16. The van der Waals surface area contributed by atoms with Crippen molar-refractivity contribution in [2.75, 3.05) is 31.6 Å². The van der Waals surface area contributed by atoms with E-state index in [0.29, 0.717) is 13.1 Å². The number of benzene rings is 3. The first-order valence-electron chi connectivity index (χ1n) is 12.2. The molecule has 5 nitrogen and oxygen atoms in total. The quantitative estimate of drug-likeness (QED) is 0.334. The van der Waals surface area contributed by atoms with Crippen LogP contribution in [0.2, 0.25) is 0 Å². The Morgan fingerprint density at radius 3 is 2.22 bits per heavy atom. The third-order valence-corrected chi connectivity index (χ3v) is 8.66. The zero-order chi connectivity index (χ0) is 24.9. The molecule has 0 aromatic heterocycles. The minimum absolute atomic E-state index is 0.0371. The van der Waals surface area contributed by atoms with Crippen molar-refractivity contribution in [1.82, 2.24) is 4.90 Å². The molecule has 184 valence electrons. The van der Waals surface area contributed by atoms with E-state index in [0.717, 1.165) is 50.8 Å². The number of carbonyl (C=O) groups excluding carboxylic acids is 1. The molecule has 0 aliphatic carbocycles. The molecule has 36 heavy (non-hydrogen) atoms. The van der Waals surface area contributed by atoms with Crippen LogP contribution in [0.4, 0.5) is 5.69 Å². The van der Waals surface area contributed by atoms with Crippen LogP contribution in [0.1, 0.15) is 18.1 Å². The molecule has 1 saturated heterocycles. The van der Waals surface area contributed by atoms with Gasteiger partial charge in [0.15, 0.2) is 5.17 Å². The number of carbonyl (C=O) groups is 1. The van der Waals surface area contributed by atoms with Gasteiger partial charge in [-0.05, 0) is 54.8 Å². The second-order valence-electron chi connectivity index (χ2n) is 8.51. The van der Waals surface area contributed by atoms with E-state index in [1.54, 1.807) is 18.9 Å². The lowest BCUT2D eigenvalue weighted by Crippen LogP contribution is -2.32. The fourth-order valence-corrected chi connectivity index (χ4v) is 6.74. The number of ether oxygens (including phenoxy) is 1. The van der Waals surface area contributed by atoms with E-state index in [9.17, 15) is 4.79 Å². The number of hydrogen-bond acceptors (Lipinski definition) is 6. The zero-order valence-corrected chi connectivity index (χ0v) is 22.1. The number of amides is 1. The first kappa shape index (κ1) is 24.5. The molecule has 0 bridgehead atoms. The number of amidine groups is 1. The van der Waals surface area contributed by atoms with Crippen LogP contribution in [-0.2, 0) is 17.6 Å². The first-order chi connectivity index (χ1) is 17.7. The van der Waals surface area contributed by atoms with Gasteiger partial charge in [-0.15, -0.1) is 0 Å². The highest BCUT2D eigenvalue weighted by Gasteiger charge is 2.39. The molecule has 2 aliphatic heterocycles. The van der Waals surface area contributed by atoms with Gasteiger partial charge in [0.2, 0.25) is 0 Å². The lowest BCUT2D eigenvalue weighted by atomic mass is 10.1. The standard InChI is InChI=1S/C29H29N3O2S2/c1-3-31-24-20-23(34-2)14-15-25(24)35-28(31)26-27(33)32(19-17-22-12-8-5-9-13-22)29(36-26)30-18-16-21-10-6-4-7-11-21/h4-15,20H,3,16-19H2,1-2H3. The summed E-state index contributed by atoms with van der Waals surface area (Å²) >= 11 is 3.16. The molecule has 0 radical (unpaired) electrons. The molecule has 2 aliphatic rings. The van der Waals surface area contributed by atoms with E-state index < -0.39 is 0 Å². The molecule has 0 atom stereocenters. The molecule has 2 heterocycles. The van der Waals surface area contributed by atoms with Gasteiger partial charge in [-0.2, -0.15) is 0 Å². The van der Waals surface area contributed by atoms with E-state index >= 15 is 0 Å². The van der Waals surface area contributed by atoms with Crippen molar-refractivity contribution in [2.24, 2.45) is 4.99 Å². The average molecular weight is 516 g/mol. The van der Waals surface area contributed by atoms with E-state index in [-0.39, 0.29) is 5.91 Å². The highest BCUT2D eigenvalue weighted by Crippen LogP contribution is 2.51. The van der Waals surface area contributed by atoms with Crippen LogP contribution in [0.15, 0.2) is 98.7 Å². The largest absolute Gasteiger partial charge is 0.497 e. The number of methoxy groups -OCH3 is 1. The molecule has 7 heteroatoms. The minimum Gasteiger partial charge on any atom is -0.497 e. The summed E-state index contributed by atoms with van der Waals surface area (Å²) in [4.78, 5) is 24.7. The predicted molar refractivity (Wildman–Crippen MR) is 151 cm³/mol. The molecule has 1 fully saturated rings. The molecule has 0 saturated carbocycles. The number of anilines is 1. The Balaban J connectivity index is 1.43. The molecular formula is C29H29N3O2S2. The number of rotatable bonds is 8. The second kappa shape index (κ2) is 11.3. The molecule has 1 amide bonds. The smallest absolute Gasteiger partial charge is 0.269 e. The molecule has 0 spiro atoms. The molecule has 0 unspecified atom stereocenters. The Labute approximate surface area is 221 Å². The number of nitrogens with zero attached hydrogens (tertiary/aromatic N) is 3. The summed E-state index contributed by atoms with van der Waals surface area (Å²) in [5.41, 5.74) is 3.55. The summed E-state index contributed by atoms with van der Waals surface area (Å²) in [6, 6.07) is 26.8. The van der Waals surface area contributed by atoms with Gasteiger partial charge in [-0.3, -0.25) is 14.7 Å². The maximum absolute atomic E-state index is 13.8. The highest BCUT2D eigenvalue weighted by atomic mass is 32.2. The SMILES string of the molecule is CCN1C(=C2SC(=NCCc3ccccc3)N(CCc3ccccc3)C2=O)Sc2ccc(OC)cc21. The summed E-state index contributed by atoms with van der Waals surface area (Å²) in [5.74, 6) is 0.854. The summed E-state index contributed by atoms with van der Waals surface area (Å²) in [7, 11) is 1.68. The lowest BCUT2D eigenvalue weighted by Gasteiger charge is -2.19. The van der Waals surface area contributed by atoms with Crippen LogP contribution in [0.3, 0.4) is 0 Å². The second-order valence-corrected chi connectivity index (χ2v) is 10.5. The van der Waals surface area contributed by atoms with Crippen molar-refractivity contribution in [3.8, 4) is 5.75 Å². The van der Waals surface area contributed by atoms with Gasteiger partial charge in [0.1, 0.15) is 15.7 Å². The average Bonchev–Trinajstić information content (AvgIpc) is 3.44. The number of aliphatic imine (C=N–C) groups is 1. The van der Waals surface area contributed by atoms with Gasteiger partial charge in [0.25, 0.3) is 5.91 Å². The Bertz CT molecular complexity index is 1290. The van der Waals surface area contributed by atoms with Gasteiger partial charge in [-0.25, -0.2) is 0 Å². The first-order valence-corrected chi connectivity index (χ1v) is 13.8. The molecule has 0 N–H and O–H groups in total. The van der Waals surface area contributed by atoms with Crippen LogP contribution >= 0.6 is 23.5 Å². The normalized spacial score (nSPS) is 18.3. The molecule has 5 rings (SSSR count). The fraction of sp³-hybridized carbons (Fsp3) is 0.241. The topological polar surface area (TPSA) is 45.1 Å². The summed E-state index contributed by atoms with van der Waals surface area (Å²) < 4.78 is 5.45. The third-order valence-electron chi connectivity index (χ3n) is 6.24. The Morgan fingerprint density at radius 1 is 0.861 bits per heavy atom. The van der Waals surface area contributed by atoms with Crippen LogP contribution in [-0.4, -0.2) is 42.7 Å². The molecular weight excluding hydrogens is 486 g/mol. The van der Waals surface area contributed by atoms with Crippen molar-refractivity contribution in [2.45, 2.75) is 24.7 Å². The predicted octanol–water partition coefficient (Wildman–Crippen LogP) is 6.21. The minimum atomic E-state index is 0.0371. The van der Waals surface area contributed by atoms with Gasteiger partial charge in [0.05, 0.1) is 12.8 Å². The zero-order valence-electron chi connectivity index (χ0n) is 20.5.